The molecule has 0 saturated carbocycles. The van der Waals surface area contributed by atoms with Crippen molar-refractivity contribution in [2.24, 2.45) is 5.41 Å². The molecule has 0 unspecified atom stereocenters. The first kappa shape index (κ1) is 27.1. The van der Waals surface area contributed by atoms with Gasteiger partial charge in [-0.3, -0.25) is 0 Å². The summed E-state index contributed by atoms with van der Waals surface area (Å²) in [6.07, 6.45) is -11.4. The van der Waals surface area contributed by atoms with Crippen LogP contribution >= 0.6 is 0 Å². The van der Waals surface area contributed by atoms with Gasteiger partial charge in [0.05, 0.1) is 13.2 Å². The maximum Gasteiger partial charge on any atom is 0.337 e. The average Bonchev–Trinajstić information content (AvgIpc) is 2.77. The second kappa shape index (κ2) is 10.7. The zero-order chi connectivity index (χ0) is 25.4. The van der Waals surface area contributed by atoms with Crippen molar-refractivity contribution in [2.75, 3.05) is 13.2 Å². The van der Waals surface area contributed by atoms with E-state index in [2.05, 4.69) is 0 Å². The SMILES string of the molecule is CC1=C(C(=O)O[C@H]2O[C@@H](CO[C@@H]3O[C@H](CO)[C@H](O)[C@H](O)[C@@H]3O)[C@H](O)[C@@H](O)[C@@H]2O)C(C)(C)CC=C1. The Morgan fingerprint density at radius 2 is 1.50 bits per heavy atom. The molecule has 194 valence electrons. The van der Waals surface area contributed by atoms with Crippen LogP contribution < -0.4 is 0 Å². The molecule has 2 fully saturated rings. The molecule has 12 heteroatoms. The third kappa shape index (κ3) is 5.36. The van der Waals surface area contributed by atoms with Gasteiger partial charge in [0.15, 0.2) is 6.29 Å². The highest BCUT2D eigenvalue weighted by atomic mass is 16.7. The Hall–Kier alpha value is -1.45. The van der Waals surface area contributed by atoms with Crippen molar-refractivity contribution in [3.05, 3.63) is 23.3 Å². The minimum Gasteiger partial charge on any atom is -0.429 e. The number of allylic oxidation sites excluding steroid dienone is 3. The third-order valence-corrected chi connectivity index (χ3v) is 6.44. The maximum absolute atomic E-state index is 12.9. The second-order valence-corrected chi connectivity index (χ2v) is 9.50. The molecule has 10 atom stereocenters. The third-order valence-electron chi connectivity index (χ3n) is 6.44. The van der Waals surface area contributed by atoms with Crippen molar-refractivity contribution in [2.45, 2.75) is 88.6 Å². The first-order chi connectivity index (χ1) is 15.9. The molecule has 2 aliphatic heterocycles. The van der Waals surface area contributed by atoms with Crippen LogP contribution in [-0.4, -0.2) is 116 Å². The van der Waals surface area contributed by atoms with E-state index in [0.717, 1.165) is 0 Å². The zero-order valence-corrected chi connectivity index (χ0v) is 19.2. The average molecular weight is 491 g/mol. The van der Waals surface area contributed by atoms with Crippen molar-refractivity contribution in [3.63, 3.8) is 0 Å². The van der Waals surface area contributed by atoms with E-state index in [0.29, 0.717) is 17.6 Å². The Labute approximate surface area is 196 Å². The first-order valence-electron chi connectivity index (χ1n) is 11.1. The molecule has 7 N–H and O–H groups in total. The van der Waals surface area contributed by atoms with Crippen molar-refractivity contribution in [1.82, 2.24) is 0 Å². The lowest BCUT2D eigenvalue weighted by Gasteiger charge is -2.42. The molecule has 0 bridgehead atoms. The fourth-order valence-corrected chi connectivity index (χ4v) is 4.40. The van der Waals surface area contributed by atoms with Gasteiger partial charge in [-0.25, -0.2) is 4.79 Å². The normalized spacial score (nSPS) is 42.5. The van der Waals surface area contributed by atoms with E-state index in [-0.39, 0.29) is 0 Å². The summed E-state index contributed by atoms with van der Waals surface area (Å²) in [4.78, 5) is 12.9. The van der Waals surface area contributed by atoms with E-state index in [9.17, 15) is 40.5 Å². The fraction of sp³-hybridized carbons (Fsp3) is 0.773. The number of aliphatic hydroxyl groups excluding tert-OH is 7. The molecule has 3 rings (SSSR count). The predicted molar refractivity (Wildman–Crippen MR) is 113 cm³/mol. The van der Waals surface area contributed by atoms with E-state index < -0.39 is 86.0 Å². The van der Waals surface area contributed by atoms with Gasteiger partial charge in [-0.2, -0.15) is 0 Å². The van der Waals surface area contributed by atoms with Crippen LogP contribution in [0.4, 0.5) is 0 Å². The molecule has 0 spiro atoms. The van der Waals surface area contributed by atoms with Gasteiger partial charge in [0, 0.05) is 11.0 Å². The van der Waals surface area contributed by atoms with Crippen LogP contribution in [0.25, 0.3) is 0 Å². The van der Waals surface area contributed by atoms with Crippen LogP contribution in [0.5, 0.6) is 0 Å². The van der Waals surface area contributed by atoms with Crippen LogP contribution in [0.15, 0.2) is 23.3 Å². The Morgan fingerprint density at radius 1 is 0.941 bits per heavy atom. The summed E-state index contributed by atoms with van der Waals surface area (Å²) in [6.45, 7) is 4.31. The molecule has 0 aromatic rings. The Bertz CT molecular complexity index is 793. The van der Waals surface area contributed by atoms with Gasteiger partial charge < -0.3 is 54.7 Å². The van der Waals surface area contributed by atoms with Crippen LogP contribution in [-0.2, 0) is 23.7 Å². The number of hydrogen-bond acceptors (Lipinski definition) is 12. The van der Waals surface area contributed by atoms with E-state index in [1.165, 1.54) is 0 Å². The number of ether oxygens (including phenoxy) is 4. The molecular weight excluding hydrogens is 456 g/mol. The molecule has 1 aliphatic carbocycles. The quantitative estimate of drug-likeness (QED) is 0.193. The van der Waals surface area contributed by atoms with Gasteiger partial charge in [-0.1, -0.05) is 26.0 Å². The molecule has 0 aromatic carbocycles. The second-order valence-electron chi connectivity index (χ2n) is 9.50. The van der Waals surface area contributed by atoms with Crippen molar-refractivity contribution < 1.29 is 59.5 Å². The molecule has 34 heavy (non-hydrogen) atoms. The molecule has 0 amide bonds. The molecule has 2 heterocycles. The van der Waals surface area contributed by atoms with Gasteiger partial charge in [-0.05, 0) is 18.9 Å². The van der Waals surface area contributed by atoms with Gasteiger partial charge in [0.1, 0.15) is 48.8 Å². The Kier molecular flexibility index (Phi) is 8.51. The molecule has 2 saturated heterocycles. The fourth-order valence-electron chi connectivity index (χ4n) is 4.40. The minimum absolute atomic E-state index is 0.389. The molecule has 12 nitrogen and oxygen atoms in total. The highest BCUT2D eigenvalue weighted by molar-refractivity contribution is 5.91. The van der Waals surface area contributed by atoms with Gasteiger partial charge in [0.2, 0.25) is 6.29 Å². The number of carbonyl (C=O) groups is 1. The van der Waals surface area contributed by atoms with Crippen LogP contribution in [0, 0.1) is 5.41 Å². The summed E-state index contributed by atoms with van der Waals surface area (Å²) in [5.74, 6) is -0.743. The first-order valence-corrected chi connectivity index (χ1v) is 11.1. The van der Waals surface area contributed by atoms with Crippen molar-refractivity contribution >= 4 is 5.97 Å². The maximum atomic E-state index is 12.9. The number of hydrogen-bond donors (Lipinski definition) is 7. The number of aliphatic hydroxyl groups is 7. The summed E-state index contributed by atoms with van der Waals surface area (Å²) in [5, 5.41) is 70.0. The molecule has 3 aliphatic rings. The summed E-state index contributed by atoms with van der Waals surface area (Å²) < 4.78 is 21.5. The van der Waals surface area contributed by atoms with Gasteiger partial charge in [-0.15, -0.1) is 0 Å². The lowest BCUT2D eigenvalue weighted by atomic mass is 9.76. The monoisotopic (exact) mass is 490 g/mol. The largest absolute Gasteiger partial charge is 0.429 e. The summed E-state index contributed by atoms with van der Waals surface area (Å²) in [6, 6.07) is 0. The zero-order valence-electron chi connectivity index (χ0n) is 19.2. The number of carbonyl (C=O) groups excluding carboxylic acids is 1. The van der Waals surface area contributed by atoms with E-state index in [1.54, 1.807) is 13.0 Å². The Morgan fingerprint density at radius 3 is 2.09 bits per heavy atom. The topological polar surface area (TPSA) is 196 Å². The van der Waals surface area contributed by atoms with Crippen LogP contribution in [0.3, 0.4) is 0 Å². The number of rotatable bonds is 6. The van der Waals surface area contributed by atoms with Crippen LogP contribution in [0.1, 0.15) is 27.2 Å². The smallest absolute Gasteiger partial charge is 0.337 e. The van der Waals surface area contributed by atoms with E-state index >= 15 is 0 Å². The van der Waals surface area contributed by atoms with E-state index in [1.807, 2.05) is 19.9 Å². The standard InChI is InChI=1S/C22H34O12/c1-9-5-4-6-22(2,3)12(9)19(30)34-21-18(29)16(27)14(25)11(33-21)8-31-20-17(28)15(26)13(24)10(7-23)32-20/h4-5,10-11,13-18,20-21,23-29H,6-8H2,1-3H3/t10-,11+,13+,14+,15+,16-,17+,18+,20-,21-/m1/s1. The van der Waals surface area contributed by atoms with E-state index in [4.69, 9.17) is 18.9 Å². The summed E-state index contributed by atoms with van der Waals surface area (Å²) >= 11 is 0. The molecular formula is C22H34O12. The summed E-state index contributed by atoms with van der Waals surface area (Å²) in [5.41, 5.74) is 0.550. The lowest BCUT2D eigenvalue weighted by Crippen LogP contribution is -2.62. The lowest BCUT2D eigenvalue weighted by molar-refractivity contribution is -0.326. The van der Waals surface area contributed by atoms with Gasteiger partial charge >= 0.3 is 5.97 Å². The molecule has 0 aromatic heterocycles. The van der Waals surface area contributed by atoms with Crippen molar-refractivity contribution in [3.8, 4) is 0 Å². The minimum atomic E-state index is -1.75. The summed E-state index contributed by atoms with van der Waals surface area (Å²) in [7, 11) is 0. The highest BCUT2D eigenvalue weighted by Crippen LogP contribution is 2.38. The number of esters is 1. The highest BCUT2D eigenvalue weighted by Gasteiger charge is 2.48. The van der Waals surface area contributed by atoms with Crippen LogP contribution in [0.2, 0.25) is 0 Å². The molecule has 0 radical (unpaired) electrons. The predicted octanol–water partition coefficient (Wildman–Crippen LogP) is -2.54. The van der Waals surface area contributed by atoms with Crippen molar-refractivity contribution in [1.29, 1.82) is 0 Å². The Balaban J connectivity index is 1.68. The van der Waals surface area contributed by atoms with Gasteiger partial charge in [0.25, 0.3) is 0 Å².